The first kappa shape index (κ1) is 26.6. The number of nitrogens with zero attached hydrogens (tertiary/aromatic N) is 3. The average Bonchev–Trinajstić information content (AvgIpc) is 3.50. The topological polar surface area (TPSA) is 51.8 Å². The van der Waals surface area contributed by atoms with Gasteiger partial charge in [0.1, 0.15) is 11.2 Å². The lowest BCUT2D eigenvalue weighted by atomic mass is 9.92. The molecule has 7 aromatic carbocycles. The Hall–Kier alpha value is -5.84. The molecule has 9 aromatic rings. The first-order valence-electron chi connectivity index (χ1n) is 15.1. The predicted molar refractivity (Wildman–Crippen MR) is 189 cm³/mol. The third-order valence-electron chi connectivity index (χ3n) is 8.65. The summed E-state index contributed by atoms with van der Waals surface area (Å²) in [5, 5.41) is 6.97. The average molecular weight is 610 g/mol. The number of halogens is 1. The monoisotopic (exact) mass is 609 g/mol. The summed E-state index contributed by atoms with van der Waals surface area (Å²) in [6, 6.07) is 50.2. The molecule has 0 radical (unpaired) electrons. The number of hydrogen-bond donors (Lipinski definition) is 0. The number of aromatic nitrogens is 3. The maximum Gasteiger partial charge on any atom is 0.226 e. The first-order valence-corrected chi connectivity index (χ1v) is 15.5. The normalized spacial score (nSPS) is 11.6. The molecule has 0 amide bonds. The van der Waals surface area contributed by atoms with Gasteiger partial charge < -0.3 is 4.42 Å². The highest BCUT2D eigenvalue weighted by molar-refractivity contribution is 6.28. The molecule has 0 aliphatic heterocycles. The van der Waals surface area contributed by atoms with Gasteiger partial charge in [-0.15, -0.1) is 0 Å². The lowest BCUT2D eigenvalue weighted by Crippen LogP contribution is -1.98. The van der Waals surface area contributed by atoms with Crippen molar-refractivity contribution in [3.63, 3.8) is 0 Å². The van der Waals surface area contributed by atoms with Crippen LogP contribution in [0.2, 0.25) is 5.28 Å². The number of rotatable bonds is 4. The summed E-state index contributed by atoms with van der Waals surface area (Å²) in [6.45, 7) is 0. The molecule has 0 unspecified atom stereocenters. The van der Waals surface area contributed by atoms with Crippen molar-refractivity contribution in [2.24, 2.45) is 0 Å². The first-order chi connectivity index (χ1) is 22.7. The van der Waals surface area contributed by atoms with Gasteiger partial charge in [-0.25, -0.2) is 4.98 Å². The molecule has 4 nitrogen and oxygen atoms in total. The zero-order chi connectivity index (χ0) is 30.6. The second-order valence-corrected chi connectivity index (χ2v) is 11.8. The molecular weight excluding hydrogens is 586 g/mol. The summed E-state index contributed by atoms with van der Waals surface area (Å²) in [5.74, 6) is 1.04. The van der Waals surface area contributed by atoms with Crippen LogP contribution in [0.3, 0.4) is 0 Å². The smallest absolute Gasteiger partial charge is 0.226 e. The van der Waals surface area contributed by atoms with Crippen molar-refractivity contribution in [2.45, 2.75) is 0 Å². The molecule has 216 valence electrons. The summed E-state index contributed by atoms with van der Waals surface area (Å²) in [7, 11) is 0. The molecule has 2 aromatic heterocycles. The van der Waals surface area contributed by atoms with Crippen molar-refractivity contribution in [1.82, 2.24) is 15.0 Å². The van der Waals surface area contributed by atoms with E-state index in [0.717, 1.165) is 66.1 Å². The van der Waals surface area contributed by atoms with E-state index in [2.05, 4.69) is 107 Å². The van der Waals surface area contributed by atoms with Crippen LogP contribution in [0.25, 0.3) is 88.5 Å². The molecule has 0 aliphatic rings. The Bertz CT molecular complexity index is 2610. The number of benzene rings is 7. The fourth-order valence-corrected chi connectivity index (χ4v) is 6.61. The fraction of sp³-hybridized carbons (Fsp3) is 0. The van der Waals surface area contributed by atoms with Crippen molar-refractivity contribution in [1.29, 1.82) is 0 Å². The van der Waals surface area contributed by atoms with Crippen molar-refractivity contribution < 1.29 is 4.42 Å². The molecule has 5 heteroatoms. The van der Waals surface area contributed by atoms with Gasteiger partial charge in [0.2, 0.25) is 5.28 Å². The lowest BCUT2D eigenvalue weighted by molar-refractivity contribution is 0.669. The van der Waals surface area contributed by atoms with Crippen molar-refractivity contribution in [3.05, 3.63) is 151 Å². The van der Waals surface area contributed by atoms with Crippen LogP contribution >= 0.6 is 11.6 Å². The predicted octanol–water partition coefficient (Wildman–Crippen LogP) is 11.4. The van der Waals surface area contributed by atoms with Gasteiger partial charge in [-0.1, -0.05) is 115 Å². The van der Waals surface area contributed by atoms with Gasteiger partial charge in [-0.3, -0.25) is 0 Å². The standard InChI is InChI=1S/C41H24ClN3O/c42-41-44-39(27-19-16-26(17-20-27)29-21-18-25-8-1-2-9-28(25)22-29)43-40(45-41)31-23-30-10-3-4-11-32(30)35(24-31)33-13-7-15-37-38(33)34-12-5-6-14-36(34)46-37/h1-24H. The van der Waals surface area contributed by atoms with Crippen molar-refractivity contribution in [3.8, 4) is 45.0 Å². The molecule has 2 heterocycles. The minimum absolute atomic E-state index is 0.149. The molecule has 0 saturated carbocycles. The number of hydrogen-bond acceptors (Lipinski definition) is 4. The Morgan fingerprint density at radius 2 is 1.04 bits per heavy atom. The minimum atomic E-state index is 0.149. The van der Waals surface area contributed by atoms with Crippen molar-refractivity contribution >= 4 is 55.1 Å². The summed E-state index contributed by atoms with van der Waals surface area (Å²) in [4.78, 5) is 14.0. The SMILES string of the molecule is Clc1nc(-c2ccc(-c3ccc4ccccc4c3)cc2)nc(-c2cc(-c3cccc4oc5ccccc5c34)c3ccccc3c2)n1. The van der Waals surface area contributed by atoms with Crippen LogP contribution in [0.4, 0.5) is 0 Å². The van der Waals surface area contributed by atoms with Gasteiger partial charge in [-0.2, -0.15) is 9.97 Å². The highest BCUT2D eigenvalue weighted by Gasteiger charge is 2.17. The third kappa shape index (κ3) is 4.50. The van der Waals surface area contributed by atoms with E-state index in [1.54, 1.807) is 0 Å². The summed E-state index contributed by atoms with van der Waals surface area (Å²) in [6.07, 6.45) is 0. The Kier molecular flexibility index (Phi) is 6.15. The minimum Gasteiger partial charge on any atom is -0.456 e. The van der Waals surface area contributed by atoms with Crippen LogP contribution < -0.4 is 0 Å². The summed E-state index contributed by atoms with van der Waals surface area (Å²) >= 11 is 6.56. The highest BCUT2D eigenvalue weighted by Crippen LogP contribution is 2.41. The van der Waals surface area contributed by atoms with Crippen LogP contribution in [0.5, 0.6) is 0 Å². The van der Waals surface area contributed by atoms with Crippen LogP contribution in [-0.2, 0) is 0 Å². The van der Waals surface area contributed by atoms with Crippen molar-refractivity contribution in [2.75, 3.05) is 0 Å². The molecular formula is C41H24ClN3O. The third-order valence-corrected chi connectivity index (χ3v) is 8.82. The van der Waals surface area contributed by atoms with Gasteiger partial charge in [0.15, 0.2) is 11.6 Å². The van der Waals surface area contributed by atoms with Gasteiger partial charge >= 0.3 is 0 Å². The maximum absolute atomic E-state index is 6.56. The Morgan fingerprint density at radius 1 is 0.413 bits per heavy atom. The maximum atomic E-state index is 6.56. The zero-order valence-corrected chi connectivity index (χ0v) is 25.2. The second kappa shape index (κ2) is 10.7. The molecule has 0 bridgehead atoms. The Labute approximate surface area is 269 Å². The highest BCUT2D eigenvalue weighted by atomic mass is 35.5. The number of fused-ring (bicyclic) bond motifs is 5. The molecule has 46 heavy (non-hydrogen) atoms. The largest absolute Gasteiger partial charge is 0.456 e. The summed E-state index contributed by atoms with van der Waals surface area (Å²) in [5.41, 5.74) is 7.88. The second-order valence-electron chi connectivity index (χ2n) is 11.4. The van der Waals surface area contributed by atoms with E-state index in [4.69, 9.17) is 21.0 Å². The van der Waals surface area contributed by atoms with E-state index in [-0.39, 0.29) is 5.28 Å². The molecule has 0 fully saturated rings. The van der Waals surface area contributed by atoms with E-state index in [9.17, 15) is 0 Å². The van der Waals surface area contributed by atoms with Crippen LogP contribution in [0, 0.1) is 0 Å². The Morgan fingerprint density at radius 3 is 1.89 bits per heavy atom. The van der Waals surface area contributed by atoms with E-state index < -0.39 is 0 Å². The van der Waals surface area contributed by atoms with E-state index in [1.807, 2.05) is 48.5 Å². The quantitative estimate of drug-likeness (QED) is 0.199. The van der Waals surface area contributed by atoms with E-state index >= 15 is 0 Å². The van der Waals surface area contributed by atoms with Gasteiger partial charge in [-0.05, 0) is 85.7 Å². The molecule has 0 atom stereocenters. The van der Waals surface area contributed by atoms with Gasteiger partial charge in [0.25, 0.3) is 0 Å². The van der Waals surface area contributed by atoms with Gasteiger partial charge in [0.05, 0.1) is 0 Å². The molecule has 0 N–H and O–H groups in total. The fourth-order valence-electron chi connectivity index (χ4n) is 6.45. The van der Waals surface area contributed by atoms with E-state index in [1.165, 1.54) is 10.8 Å². The van der Waals surface area contributed by atoms with Gasteiger partial charge in [0, 0.05) is 21.9 Å². The van der Waals surface area contributed by atoms with E-state index in [0.29, 0.717) is 11.6 Å². The molecule has 0 spiro atoms. The molecule has 0 saturated heterocycles. The zero-order valence-electron chi connectivity index (χ0n) is 24.5. The van der Waals surface area contributed by atoms with Crippen LogP contribution in [0.15, 0.2) is 150 Å². The molecule has 0 aliphatic carbocycles. The summed E-state index contributed by atoms with van der Waals surface area (Å²) < 4.78 is 6.23. The lowest BCUT2D eigenvalue weighted by Gasteiger charge is -2.12. The van der Waals surface area contributed by atoms with Crippen LogP contribution in [0.1, 0.15) is 0 Å². The molecule has 9 rings (SSSR count). The van der Waals surface area contributed by atoms with Crippen LogP contribution in [-0.4, -0.2) is 15.0 Å². The number of para-hydroxylation sites is 1. The Balaban J connectivity index is 1.16. The number of furan rings is 1.